The van der Waals surface area contributed by atoms with Crippen LogP contribution in [-0.4, -0.2) is 40.2 Å². The monoisotopic (exact) mass is 234 g/mol. The summed E-state index contributed by atoms with van der Waals surface area (Å²) in [4.78, 5) is 12.5. The zero-order valence-electron chi connectivity index (χ0n) is 10.4. The number of nitrogens with one attached hydrogen (secondary N) is 2. The molecule has 0 radical (unpaired) electrons. The van der Waals surface area contributed by atoms with E-state index in [1.165, 1.54) is 6.33 Å². The lowest BCUT2D eigenvalue weighted by Crippen LogP contribution is -2.00. The second kappa shape index (κ2) is 6.59. The molecule has 92 valence electrons. The summed E-state index contributed by atoms with van der Waals surface area (Å²) in [6.07, 6.45) is 4.85. The summed E-state index contributed by atoms with van der Waals surface area (Å²) in [5, 5.41) is 5.88. The summed E-state index contributed by atoms with van der Waals surface area (Å²) in [5.41, 5.74) is 1.54. The summed E-state index contributed by atoms with van der Waals surface area (Å²) < 4.78 is 1.76. The van der Waals surface area contributed by atoms with E-state index in [0.29, 0.717) is 0 Å². The topological polar surface area (TPSA) is 67.7 Å². The predicted molar refractivity (Wildman–Crippen MR) is 70.9 cm³/mol. The lowest BCUT2D eigenvalue weighted by atomic mass is 10.5. The largest absolute Gasteiger partial charge is 0.368 e. The van der Waals surface area contributed by atoms with Crippen molar-refractivity contribution in [1.82, 2.24) is 24.8 Å². The molecule has 2 heterocycles. The fourth-order valence-corrected chi connectivity index (χ4v) is 1.28. The standard InChI is InChI=1S/C9H11N5.C2H7N/c1-3-10-8-7-9(12-5-11-8)14(4-2)6-13-7;1-3-2/h4-6H,2-3H2,1H3,(H,10,11,12);3H,1-2H3. The molecule has 0 aliphatic rings. The minimum atomic E-state index is 0.762. The summed E-state index contributed by atoms with van der Waals surface area (Å²) >= 11 is 0. The average Bonchev–Trinajstić information content (AvgIpc) is 2.74. The second-order valence-electron chi connectivity index (χ2n) is 3.26. The van der Waals surface area contributed by atoms with Crippen LogP contribution in [-0.2, 0) is 0 Å². The van der Waals surface area contributed by atoms with Gasteiger partial charge in [0.05, 0.1) is 0 Å². The lowest BCUT2D eigenvalue weighted by molar-refractivity contribution is 1.02. The molecule has 2 N–H and O–H groups in total. The van der Waals surface area contributed by atoms with Crippen molar-refractivity contribution in [3.8, 4) is 0 Å². The van der Waals surface area contributed by atoms with E-state index in [1.54, 1.807) is 17.1 Å². The highest BCUT2D eigenvalue weighted by atomic mass is 15.1. The second-order valence-corrected chi connectivity index (χ2v) is 3.26. The molecule has 0 saturated heterocycles. The summed E-state index contributed by atoms with van der Waals surface area (Å²) in [7, 11) is 3.75. The number of nitrogens with zero attached hydrogens (tertiary/aromatic N) is 4. The van der Waals surface area contributed by atoms with Crippen molar-refractivity contribution >= 4 is 23.2 Å². The number of imidazole rings is 1. The molecule has 0 spiro atoms. The molecule has 6 heteroatoms. The number of rotatable bonds is 3. The molecule has 0 aromatic carbocycles. The molecule has 0 bridgehead atoms. The lowest BCUT2D eigenvalue weighted by Gasteiger charge is -2.01. The Balaban J connectivity index is 0.000000437. The van der Waals surface area contributed by atoms with Crippen molar-refractivity contribution in [3.63, 3.8) is 0 Å². The van der Waals surface area contributed by atoms with Crippen molar-refractivity contribution in [3.05, 3.63) is 19.2 Å². The molecule has 0 unspecified atom stereocenters. The fraction of sp³-hybridized carbons (Fsp3) is 0.364. The van der Waals surface area contributed by atoms with Crippen LogP contribution in [0, 0.1) is 0 Å². The first kappa shape index (κ1) is 13.1. The summed E-state index contributed by atoms with van der Waals surface area (Å²) in [6.45, 7) is 6.50. The zero-order valence-corrected chi connectivity index (χ0v) is 10.4. The molecule has 0 amide bonds. The van der Waals surface area contributed by atoms with Gasteiger partial charge in [-0.05, 0) is 21.0 Å². The highest BCUT2D eigenvalue weighted by molar-refractivity contribution is 5.83. The number of hydrogen-bond acceptors (Lipinski definition) is 5. The van der Waals surface area contributed by atoms with Gasteiger partial charge in [0.15, 0.2) is 17.0 Å². The van der Waals surface area contributed by atoms with Crippen molar-refractivity contribution in [1.29, 1.82) is 0 Å². The van der Waals surface area contributed by atoms with E-state index < -0.39 is 0 Å². The molecule has 2 aromatic rings. The van der Waals surface area contributed by atoms with E-state index in [-0.39, 0.29) is 0 Å². The summed E-state index contributed by atoms with van der Waals surface area (Å²) in [6, 6.07) is 0. The van der Waals surface area contributed by atoms with Crippen LogP contribution in [0.5, 0.6) is 0 Å². The fourth-order valence-electron chi connectivity index (χ4n) is 1.28. The molecule has 2 rings (SSSR count). The zero-order chi connectivity index (χ0) is 12.7. The molecule has 0 aliphatic carbocycles. The third-order valence-electron chi connectivity index (χ3n) is 1.90. The van der Waals surface area contributed by atoms with Gasteiger partial charge in [-0.1, -0.05) is 6.58 Å². The first-order valence-electron chi connectivity index (χ1n) is 5.40. The van der Waals surface area contributed by atoms with E-state index in [2.05, 4.69) is 32.2 Å². The van der Waals surface area contributed by atoms with Gasteiger partial charge in [0.1, 0.15) is 12.7 Å². The Bertz CT molecular complexity index is 476. The maximum Gasteiger partial charge on any atom is 0.169 e. The van der Waals surface area contributed by atoms with Crippen molar-refractivity contribution in [2.75, 3.05) is 26.0 Å². The predicted octanol–water partition coefficient (Wildman–Crippen LogP) is 1.19. The Morgan fingerprint density at radius 1 is 1.35 bits per heavy atom. The van der Waals surface area contributed by atoms with E-state index in [4.69, 9.17) is 0 Å². The normalized spacial score (nSPS) is 9.59. The van der Waals surface area contributed by atoms with Crippen LogP contribution in [0.25, 0.3) is 17.4 Å². The van der Waals surface area contributed by atoms with E-state index in [0.717, 1.165) is 23.5 Å². The van der Waals surface area contributed by atoms with Gasteiger partial charge < -0.3 is 10.6 Å². The quantitative estimate of drug-likeness (QED) is 0.835. The SMILES string of the molecule is C=Cn1cnc2c(NCC)ncnc21.CNC. The van der Waals surface area contributed by atoms with Gasteiger partial charge in [-0.15, -0.1) is 0 Å². The van der Waals surface area contributed by atoms with Gasteiger partial charge in [-0.2, -0.15) is 0 Å². The van der Waals surface area contributed by atoms with E-state index in [9.17, 15) is 0 Å². The maximum absolute atomic E-state index is 4.21. The molecule has 17 heavy (non-hydrogen) atoms. The average molecular weight is 234 g/mol. The van der Waals surface area contributed by atoms with E-state index >= 15 is 0 Å². The highest BCUT2D eigenvalue weighted by Crippen LogP contribution is 2.16. The maximum atomic E-state index is 4.21. The van der Waals surface area contributed by atoms with Gasteiger partial charge in [0.25, 0.3) is 0 Å². The van der Waals surface area contributed by atoms with Gasteiger partial charge in [-0.3, -0.25) is 4.57 Å². The Kier molecular flexibility index (Phi) is 5.09. The van der Waals surface area contributed by atoms with Crippen LogP contribution in [0.1, 0.15) is 6.92 Å². The van der Waals surface area contributed by atoms with Crippen LogP contribution in [0.3, 0.4) is 0 Å². The van der Waals surface area contributed by atoms with Gasteiger partial charge in [0, 0.05) is 12.7 Å². The number of fused-ring (bicyclic) bond motifs is 1. The molecular weight excluding hydrogens is 216 g/mol. The Morgan fingerprint density at radius 2 is 2.06 bits per heavy atom. The Morgan fingerprint density at radius 3 is 2.65 bits per heavy atom. The van der Waals surface area contributed by atoms with E-state index in [1.807, 2.05) is 21.0 Å². The molecule has 0 atom stereocenters. The third kappa shape index (κ3) is 3.01. The molecule has 2 aromatic heterocycles. The smallest absolute Gasteiger partial charge is 0.169 e. The summed E-state index contributed by atoms with van der Waals surface area (Å²) in [5.74, 6) is 0.762. The first-order chi connectivity index (χ1) is 8.28. The minimum absolute atomic E-state index is 0.762. The number of hydrogen-bond donors (Lipinski definition) is 2. The van der Waals surface area contributed by atoms with Crippen molar-refractivity contribution < 1.29 is 0 Å². The Hall–Kier alpha value is -1.95. The Labute approximate surface area is 101 Å². The van der Waals surface area contributed by atoms with Crippen LogP contribution >= 0.6 is 0 Å². The van der Waals surface area contributed by atoms with Gasteiger partial charge in [-0.25, -0.2) is 15.0 Å². The number of aromatic nitrogens is 4. The third-order valence-corrected chi connectivity index (χ3v) is 1.90. The van der Waals surface area contributed by atoms with Crippen molar-refractivity contribution in [2.24, 2.45) is 0 Å². The van der Waals surface area contributed by atoms with Crippen LogP contribution in [0.15, 0.2) is 19.2 Å². The van der Waals surface area contributed by atoms with Gasteiger partial charge in [0.2, 0.25) is 0 Å². The van der Waals surface area contributed by atoms with Crippen LogP contribution < -0.4 is 10.6 Å². The minimum Gasteiger partial charge on any atom is -0.368 e. The molecule has 6 nitrogen and oxygen atoms in total. The number of anilines is 1. The molecular formula is C11H18N6. The molecule has 0 aliphatic heterocycles. The highest BCUT2D eigenvalue weighted by Gasteiger charge is 2.06. The van der Waals surface area contributed by atoms with Crippen LogP contribution in [0.4, 0.5) is 5.82 Å². The van der Waals surface area contributed by atoms with Gasteiger partial charge >= 0.3 is 0 Å². The molecule has 0 fully saturated rings. The van der Waals surface area contributed by atoms with Crippen LogP contribution in [0.2, 0.25) is 0 Å². The first-order valence-corrected chi connectivity index (χ1v) is 5.40. The molecule has 0 saturated carbocycles. The van der Waals surface area contributed by atoms with Crippen molar-refractivity contribution in [2.45, 2.75) is 6.92 Å².